The molecule has 0 aromatic heterocycles. The summed E-state index contributed by atoms with van der Waals surface area (Å²) in [6.45, 7) is 9.24. The Morgan fingerprint density at radius 2 is 2.43 bits per heavy atom. The second-order valence-corrected chi connectivity index (χ2v) is 4.66. The summed E-state index contributed by atoms with van der Waals surface area (Å²) in [5.41, 5.74) is 1.10. The third kappa shape index (κ3) is 2.75. The fourth-order valence-electron chi connectivity index (χ4n) is 1.34. The van der Waals surface area contributed by atoms with E-state index in [-0.39, 0.29) is 0 Å². The first kappa shape index (κ1) is 11.6. The van der Waals surface area contributed by atoms with Gasteiger partial charge in [-0.25, -0.2) is 0 Å². The molecular weight excluding hydrogens is 344 g/mol. The summed E-state index contributed by atoms with van der Waals surface area (Å²) < 4.78 is 2.09. The van der Waals surface area contributed by atoms with Crippen molar-refractivity contribution in [3.05, 3.63) is 24.4 Å². The number of allylic oxidation sites excluding steroid dienone is 2. The monoisotopic (exact) mass is 360 g/mol. The molecule has 1 atom stereocenters. The van der Waals surface area contributed by atoms with Gasteiger partial charge in [0.15, 0.2) is 0 Å². The van der Waals surface area contributed by atoms with Gasteiger partial charge >= 0.3 is 96.7 Å². The van der Waals surface area contributed by atoms with Crippen molar-refractivity contribution >= 4 is 10.6 Å². The predicted molar refractivity (Wildman–Crippen MR) is 57.9 cm³/mol. The van der Waals surface area contributed by atoms with E-state index in [1.807, 2.05) is 17.3 Å². The van der Waals surface area contributed by atoms with E-state index in [0.717, 1.165) is 12.2 Å². The molecule has 1 aliphatic rings. The van der Waals surface area contributed by atoms with Crippen LogP contribution in [-0.2, 0) is 19.4 Å². The van der Waals surface area contributed by atoms with Gasteiger partial charge in [0, 0.05) is 0 Å². The molecule has 0 saturated heterocycles. The quantitative estimate of drug-likeness (QED) is 0.701. The Hall–Kier alpha value is -0.492. The first-order valence-corrected chi connectivity index (χ1v) is 6.48. The normalized spacial score (nSPS) is 21.8. The molecule has 1 rings (SSSR count). The van der Waals surface area contributed by atoms with Crippen molar-refractivity contribution in [3.8, 4) is 0 Å². The molecule has 0 spiro atoms. The van der Waals surface area contributed by atoms with Gasteiger partial charge in [0.25, 0.3) is 0 Å². The number of hydrazone groups is 1. The SMILES string of the molecule is C=C/C(=C\[CH]=[W])N1CC(C(C)C)C=N1. The van der Waals surface area contributed by atoms with Gasteiger partial charge in [-0.2, -0.15) is 0 Å². The van der Waals surface area contributed by atoms with Crippen LogP contribution in [0.2, 0.25) is 0 Å². The van der Waals surface area contributed by atoms with Crippen molar-refractivity contribution in [1.82, 2.24) is 5.01 Å². The van der Waals surface area contributed by atoms with E-state index >= 15 is 0 Å². The average Bonchev–Trinajstić information content (AvgIpc) is 2.63. The zero-order valence-corrected chi connectivity index (χ0v) is 11.6. The zero-order chi connectivity index (χ0) is 10.6. The van der Waals surface area contributed by atoms with Crippen molar-refractivity contribution < 1.29 is 19.4 Å². The van der Waals surface area contributed by atoms with Crippen molar-refractivity contribution in [2.45, 2.75) is 13.8 Å². The second-order valence-electron chi connectivity index (χ2n) is 3.69. The summed E-state index contributed by atoms with van der Waals surface area (Å²) in [5, 5.41) is 6.41. The number of nitrogens with zero attached hydrogens (tertiary/aromatic N) is 2. The topological polar surface area (TPSA) is 15.6 Å². The first-order chi connectivity index (χ1) is 6.69. The van der Waals surface area contributed by atoms with Gasteiger partial charge < -0.3 is 0 Å². The van der Waals surface area contributed by atoms with Crippen LogP contribution in [0.1, 0.15) is 13.8 Å². The molecule has 0 fully saturated rings. The molecule has 0 aliphatic carbocycles. The second kappa shape index (κ2) is 5.40. The summed E-state index contributed by atoms with van der Waals surface area (Å²) in [4.78, 5) is 0. The van der Waals surface area contributed by atoms with E-state index in [2.05, 4.69) is 36.0 Å². The summed E-state index contributed by atoms with van der Waals surface area (Å²) in [5.74, 6) is 1.23. The van der Waals surface area contributed by atoms with E-state index in [1.165, 1.54) is 19.4 Å². The maximum atomic E-state index is 4.39. The van der Waals surface area contributed by atoms with Gasteiger partial charge in [-0.15, -0.1) is 0 Å². The summed E-state index contributed by atoms with van der Waals surface area (Å²) in [6, 6.07) is 0. The molecule has 0 aromatic carbocycles. The van der Waals surface area contributed by atoms with Crippen LogP contribution in [0.3, 0.4) is 0 Å². The number of hydrogen-bond donors (Lipinski definition) is 0. The van der Waals surface area contributed by atoms with Crippen LogP contribution in [-0.4, -0.2) is 22.2 Å². The number of hydrogen-bond acceptors (Lipinski definition) is 2. The first-order valence-electron chi connectivity index (χ1n) is 4.78. The molecule has 0 aromatic rings. The molecule has 76 valence electrons. The molecule has 0 amide bonds. The van der Waals surface area contributed by atoms with Gasteiger partial charge in [0.1, 0.15) is 0 Å². The fourth-order valence-corrected chi connectivity index (χ4v) is 1.85. The van der Waals surface area contributed by atoms with Gasteiger partial charge in [-0.05, 0) is 0 Å². The van der Waals surface area contributed by atoms with Crippen LogP contribution >= 0.6 is 0 Å². The van der Waals surface area contributed by atoms with Crippen LogP contribution in [0.5, 0.6) is 0 Å². The van der Waals surface area contributed by atoms with Gasteiger partial charge in [-0.1, -0.05) is 0 Å². The Morgan fingerprint density at radius 1 is 1.71 bits per heavy atom. The maximum absolute atomic E-state index is 4.39. The summed E-state index contributed by atoms with van der Waals surface area (Å²) in [6.07, 6.45) is 5.98. The molecule has 0 radical (unpaired) electrons. The summed E-state index contributed by atoms with van der Waals surface area (Å²) >= 11 is 1.45. The number of rotatable bonds is 4. The van der Waals surface area contributed by atoms with Crippen molar-refractivity contribution in [2.24, 2.45) is 16.9 Å². The Morgan fingerprint density at radius 3 is 2.86 bits per heavy atom. The average molecular weight is 360 g/mol. The van der Waals surface area contributed by atoms with E-state index < -0.39 is 0 Å². The van der Waals surface area contributed by atoms with E-state index in [4.69, 9.17) is 0 Å². The van der Waals surface area contributed by atoms with E-state index in [9.17, 15) is 0 Å². The van der Waals surface area contributed by atoms with Gasteiger partial charge in [0.2, 0.25) is 0 Å². The molecule has 1 heterocycles. The van der Waals surface area contributed by atoms with Crippen LogP contribution < -0.4 is 0 Å². The van der Waals surface area contributed by atoms with Crippen LogP contribution in [0.4, 0.5) is 0 Å². The fraction of sp³-hybridized carbons (Fsp3) is 0.455. The molecular formula is C11H16N2W. The van der Waals surface area contributed by atoms with Crippen molar-refractivity contribution in [3.63, 3.8) is 0 Å². The van der Waals surface area contributed by atoms with Crippen molar-refractivity contribution in [1.29, 1.82) is 0 Å². The summed E-state index contributed by atoms with van der Waals surface area (Å²) in [7, 11) is 0. The third-order valence-electron chi connectivity index (χ3n) is 2.38. The Balaban J connectivity index is 2.66. The van der Waals surface area contributed by atoms with E-state index in [1.54, 1.807) is 0 Å². The van der Waals surface area contributed by atoms with Gasteiger partial charge in [-0.3, -0.25) is 0 Å². The Kier molecular flexibility index (Phi) is 4.47. The molecule has 3 heteroatoms. The standard InChI is InChI=1S/C11H16N2.W/c1-5-11(6-2)13-8-10(7-12-13)9(3)4;/h1,5-7,9-10H,2,8H2,3-4H3;/b11-5+;. The molecule has 0 bridgehead atoms. The van der Waals surface area contributed by atoms with Crippen molar-refractivity contribution in [2.75, 3.05) is 6.54 Å². The molecule has 0 saturated carbocycles. The molecule has 14 heavy (non-hydrogen) atoms. The molecule has 1 aliphatic heterocycles. The van der Waals surface area contributed by atoms with Crippen LogP contribution in [0.15, 0.2) is 29.5 Å². The molecule has 1 unspecified atom stereocenters. The Bertz CT molecular complexity index is 279. The van der Waals surface area contributed by atoms with Crippen LogP contribution in [0, 0.1) is 11.8 Å². The zero-order valence-electron chi connectivity index (χ0n) is 8.68. The van der Waals surface area contributed by atoms with Crippen LogP contribution in [0.25, 0.3) is 0 Å². The molecule has 2 nitrogen and oxygen atoms in total. The minimum absolute atomic E-state index is 0.572. The predicted octanol–water partition coefficient (Wildman–Crippen LogP) is 1.98. The van der Waals surface area contributed by atoms with E-state index in [0.29, 0.717) is 11.8 Å². The Labute approximate surface area is 96.8 Å². The third-order valence-corrected chi connectivity index (χ3v) is 2.87. The molecule has 0 N–H and O–H groups in total. The van der Waals surface area contributed by atoms with Gasteiger partial charge in [0.05, 0.1) is 0 Å². The minimum atomic E-state index is 0.572.